The van der Waals surface area contributed by atoms with Crippen molar-refractivity contribution < 1.29 is 14.5 Å². The van der Waals surface area contributed by atoms with Crippen LogP contribution in [-0.2, 0) is 22.8 Å². The Kier molecular flexibility index (Phi) is 6.78. The number of oxime groups is 1. The van der Waals surface area contributed by atoms with Gasteiger partial charge in [-0.25, -0.2) is 5.06 Å². The lowest BCUT2D eigenvalue weighted by Crippen LogP contribution is -2.40. The molecule has 9 heteroatoms. The lowest BCUT2D eigenvalue weighted by molar-refractivity contribution is -0.159. The van der Waals surface area contributed by atoms with Crippen LogP contribution in [0.25, 0.3) is 0 Å². The van der Waals surface area contributed by atoms with E-state index in [-0.39, 0.29) is 5.04 Å². The summed E-state index contributed by atoms with van der Waals surface area (Å²) in [5.74, 6) is 0.664. The highest BCUT2D eigenvalue weighted by Gasteiger charge is 2.40. The molecule has 1 heterocycles. The molecule has 0 bridgehead atoms. The van der Waals surface area contributed by atoms with Gasteiger partial charge in [0.2, 0.25) is 6.41 Å². The van der Waals surface area contributed by atoms with Crippen molar-refractivity contribution in [1.29, 1.82) is 0 Å². The Morgan fingerprint density at radius 2 is 2.16 bits per heavy atom. The Bertz CT molecular complexity index is 622. The minimum Gasteiger partial charge on any atom is -0.453 e. The molecule has 8 nitrogen and oxygen atoms in total. The van der Waals surface area contributed by atoms with Crippen LogP contribution in [-0.4, -0.2) is 47.7 Å². The van der Waals surface area contributed by atoms with E-state index in [4.69, 9.17) is 4.53 Å². The molecule has 1 atom stereocenters. The van der Waals surface area contributed by atoms with Crippen LogP contribution in [0, 0.1) is 0 Å². The Balaban J connectivity index is 3.05. The molecule has 0 aliphatic heterocycles. The van der Waals surface area contributed by atoms with E-state index >= 15 is 0 Å². The van der Waals surface area contributed by atoms with E-state index in [9.17, 15) is 10.0 Å². The lowest BCUT2D eigenvalue weighted by atomic mass is 10.1. The molecule has 0 spiro atoms. The van der Waals surface area contributed by atoms with Crippen LogP contribution in [0.3, 0.4) is 0 Å². The number of nitrogens with one attached hydrogen (secondary N) is 1. The molecule has 142 valence electrons. The highest BCUT2D eigenvalue weighted by atomic mass is 28.4. The minimum atomic E-state index is -2.00. The highest BCUT2D eigenvalue weighted by Crippen LogP contribution is 2.36. The summed E-state index contributed by atoms with van der Waals surface area (Å²) in [7, 11) is 1.60. The van der Waals surface area contributed by atoms with Crippen molar-refractivity contribution in [2.75, 3.05) is 7.05 Å². The SMILES string of the molecule is CN/C(Cc1c(C(C)N(O)C=O)cnn1C)=N\O[Si](C)(C)C(C)(C)C. The third-order valence-corrected chi connectivity index (χ3v) is 9.02. The summed E-state index contributed by atoms with van der Waals surface area (Å²) in [5.41, 5.74) is 1.60. The zero-order valence-corrected chi connectivity index (χ0v) is 17.5. The summed E-state index contributed by atoms with van der Waals surface area (Å²) >= 11 is 0. The predicted octanol–water partition coefficient (Wildman–Crippen LogP) is 2.43. The summed E-state index contributed by atoms with van der Waals surface area (Å²) in [6.45, 7) is 12.5. The summed E-state index contributed by atoms with van der Waals surface area (Å²) in [6.07, 6.45) is 2.48. The van der Waals surface area contributed by atoms with E-state index in [1.54, 1.807) is 24.9 Å². The summed E-state index contributed by atoms with van der Waals surface area (Å²) in [5, 5.41) is 22.0. The molecule has 1 unspecified atom stereocenters. The van der Waals surface area contributed by atoms with Gasteiger partial charge < -0.3 is 9.84 Å². The number of likely N-dealkylation sites (N-methyl/N-ethyl adjacent to an activating group) is 1. The monoisotopic (exact) mass is 369 g/mol. The first kappa shape index (κ1) is 21.2. The van der Waals surface area contributed by atoms with Crippen molar-refractivity contribution in [3.8, 4) is 0 Å². The van der Waals surface area contributed by atoms with Crippen molar-refractivity contribution in [3.05, 3.63) is 17.5 Å². The molecule has 0 aliphatic carbocycles. The molecular weight excluding hydrogens is 338 g/mol. The normalized spacial score (nSPS) is 14.2. The summed E-state index contributed by atoms with van der Waals surface area (Å²) < 4.78 is 7.64. The number of nitrogens with zero attached hydrogens (tertiary/aromatic N) is 4. The Morgan fingerprint density at radius 1 is 1.56 bits per heavy atom. The van der Waals surface area contributed by atoms with Gasteiger partial charge in [-0.05, 0) is 25.1 Å². The number of hydrogen-bond donors (Lipinski definition) is 2. The van der Waals surface area contributed by atoms with Gasteiger partial charge in [0, 0.05) is 19.7 Å². The molecule has 1 rings (SSSR count). The number of carbonyl (C=O) groups excluding carboxylic acids is 1. The van der Waals surface area contributed by atoms with E-state index in [0.29, 0.717) is 23.7 Å². The molecular formula is C16H31N5O3Si. The van der Waals surface area contributed by atoms with E-state index < -0.39 is 14.4 Å². The second kappa shape index (κ2) is 8.00. The highest BCUT2D eigenvalue weighted by molar-refractivity contribution is 6.74. The van der Waals surface area contributed by atoms with Crippen LogP contribution in [0.5, 0.6) is 0 Å². The fourth-order valence-corrected chi connectivity index (χ4v) is 2.52. The number of amides is 1. The van der Waals surface area contributed by atoms with Gasteiger partial charge in [-0.3, -0.25) is 14.7 Å². The number of hydroxylamine groups is 2. The lowest BCUT2D eigenvalue weighted by Gasteiger charge is -2.33. The fraction of sp³-hybridized carbons (Fsp3) is 0.688. The number of aryl methyl sites for hydroxylation is 1. The molecule has 1 aromatic rings. The molecule has 2 N–H and O–H groups in total. The maximum atomic E-state index is 10.8. The molecule has 1 aromatic heterocycles. The largest absolute Gasteiger partial charge is 0.453 e. The quantitative estimate of drug-likeness (QED) is 0.192. The van der Waals surface area contributed by atoms with Gasteiger partial charge in [0.15, 0.2) is 0 Å². The van der Waals surface area contributed by atoms with E-state index in [0.717, 1.165) is 11.3 Å². The number of aromatic nitrogens is 2. The second-order valence-corrected chi connectivity index (χ2v) is 12.4. The summed E-state index contributed by atoms with van der Waals surface area (Å²) in [6, 6.07) is -0.499. The third-order valence-electron chi connectivity index (χ3n) is 4.86. The van der Waals surface area contributed by atoms with Gasteiger partial charge in [-0.2, -0.15) is 5.10 Å². The third kappa shape index (κ3) is 5.05. The van der Waals surface area contributed by atoms with Crippen LogP contribution in [0.4, 0.5) is 0 Å². The molecule has 25 heavy (non-hydrogen) atoms. The minimum absolute atomic E-state index is 0.0584. The van der Waals surface area contributed by atoms with Gasteiger partial charge in [0.25, 0.3) is 8.32 Å². The first-order chi connectivity index (χ1) is 11.4. The van der Waals surface area contributed by atoms with Crippen molar-refractivity contribution in [2.24, 2.45) is 12.2 Å². The average molecular weight is 370 g/mol. The predicted molar refractivity (Wildman–Crippen MR) is 99.8 cm³/mol. The van der Waals surface area contributed by atoms with Crippen LogP contribution in [0.1, 0.15) is 45.0 Å². The zero-order chi connectivity index (χ0) is 19.4. The second-order valence-electron chi connectivity index (χ2n) is 7.65. The molecule has 0 saturated carbocycles. The standard InChI is InChI=1S/C16H31N5O3Si/c1-12(21(23)11-22)13-10-18-20(6)14(13)9-15(17-5)19-24-25(7,8)16(2,3)4/h10-12,23H,9H2,1-8H3,(H,17,19). The summed E-state index contributed by atoms with van der Waals surface area (Å²) in [4.78, 5) is 10.8. The zero-order valence-electron chi connectivity index (χ0n) is 16.5. The van der Waals surface area contributed by atoms with Crippen LogP contribution < -0.4 is 5.32 Å². The number of rotatable bonds is 7. The average Bonchev–Trinajstić information content (AvgIpc) is 2.89. The smallest absolute Gasteiger partial charge is 0.286 e. The molecule has 1 amide bonds. The van der Waals surface area contributed by atoms with Crippen LogP contribution in [0.2, 0.25) is 18.1 Å². The number of amidine groups is 1. The van der Waals surface area contributed by atoms with Crippen molar-refractivity contribution in [1.82, 2.24) is 20.2 Å². The van der Waals surface area contributed by atoms with Crippen LogP contribution in [0.15, 0.2) is 11.4 Å². The van der Waals surface area contributed by atoms with Gasteiger partial charge in [0.1, 0.15) is 5.84 Å². The first-order valence-corrected chi connectivity index (χ1v) is 11.2. The number of carbonyl (C=O) groups is 1. The number of hydrogen-bond acceptors (Lipinski definition) is 5. The van der Waals surface area contributed by atoms with Crippen molar-refractivity contribution >= 4 is 20.6 Å². The molecule has 0 aromatic carbocycles. The van der Waals surface area contributed by atoms with Gasteiger partial charge in [-0.15, -0.1) is 0 Å². The maximum Gasteiger partial charge on any atom is 0.286 e. The van der Waals surface area contributed by atoms with Crippen molar-refractivity contribution in [3.63, 3.8) is 0 Å². The fourth-order valence-electron chi connectivity index (χ4n) is 1.91. The Labute approximate surface area is 150 Å². The molecule has 0 saturated heterocycles. The molecule has 0 radical (unpaired) electrons. The molecule has 0 aliphatic rings. The van der Waals surface area contributed by atoms with Crippen molar-refractivity contribution in [2.45, 2.75) is 58.3 Å². The maximum absolute atomic E-state index is 10.8. The van der Waals surface area contributed by atoms with Gasteiger partial charge in [0.05, 0.1) is 24.4 Å². The Morgan fingerprint density at radius 3 is 2.64 bits per heavy atom. The Hall–Kier alpha value is -1.87. The van der Waals surface area contributed by atoms with E-state index in [1.165, 1.54) is 0 Å². The molecule has 0 fully saturated rings. The topological polar surface area (TPSA) is 92.0 Å². The van der Waals surface area contributed by atoms with Gasteiger partial charge in [-0.1, -0.05) is 25.9 Å². The first-order valence-electron chi connectivity index (χ1n) is 8.30. The van der Waals surface area contributed by atoms with E-state index in [2.05, 4.69) is 49.4 Å². The van der Waals surface area contributed by atoms with Crippen LogP contribution >= 0.6 is 0 Å². The van der Waals surface area contributed by atoms with Gasteiger partial charge >= 0.3 is 0 Å². The van der Waals surface area contributed by atoms with E-state index in [1.807, 2.05) is 7.05 Å².